The number of nitrogens with zero attached hydrogens (tertiary/aromatic N) is 1. The standard InChI is InChI=1S/C10H14N2O2S/c1-10(2,3)4-6(8(13)14)7-5-15-9(11)12-7/h4-5H,1-3H3,(H2,11,12)(H,13,14). The quantitative estimate of drug-likeness (QED) is 0.758. The fourth-order valence-electron chi connectivity index (χ4n) is 1.09. The van der Waals surface area contributed by atoms with Crippen LogP contribution in [0.4, 0.5) is 5.13 Å². The molecule has 0 aliphatic carbocycles. The van der Waals surface area contributed by atoms with Gasteiger partial charge in [-0.3, -0.25) is 0 Å². The van der Waals surface area contributed by atoms with Crippen LogP contribution in [0.1, 0.15) is 26.5 Å². The number of carbonyl (C=O) groups is 1. The van der Waals surface area contributed by atoms with Crippen molar-refractivity contribution in [3.63, 3.8) is 0 Å². The van der Waals surface area contributed by atoms with Crippen LogP contribution in [0.15, 0.2) is 11.5 Å². The summed E-state index contributed by atoms with van der Waals surface area (Å²) in [6.07, 6.45) is 1.68. The summed E-state index contributed by atoms with van der Waals surface area (Å²) < 4.78 is 0. The number of anilines is 1. The lowest BCUT2D eigenvalue weighted by Crippen LogP contribution is -2.07. The molecule has 15 heavy (non-hydrogen) atoms. The molecule has 4 nitrogen and oxygen atoms in total. The van der Waals surface area contributed by atoms with Crippen LogP contribution in [-0.4, -0.2) is 16.1 Å². The van der Waals surface area contributed by atoms with Gasteiger partial charge in [0.2, 0.25) is 0 Å². The van der Waals surface area contributed by atoms with Gasteiger partial charge in [0.25, 0.3) is 0 Å². The molecule has 0 atom stereocenters. The van der Waals surface area contributed by atoms with Crippen molar-refractivity contribution >= 4 is 28.0 Å². The first kappa shape index (κ1) is 11.7. The van der Waals surface area contributed by atoms with Crippen LogP contribution in [0.2, 0.25) is 0 Å². The Balaban J connectivity index is 3.15. The second kappa shape index (κ2) is 4.02. The SMILES string of the molecule is CC(C)(C)C=C(C(=O)O)c1csc(N)n1. The first-order valence-electron chi connectivity index (χ1n) is 4.47. The average Bonchev–Trinajstić information content (AvgIpc) is 2.45. The number of hydrogen-bond donors (Lipinski definition) is 2. The Bertz CT molecular complexity index is 402. The number of rotatable bonds is 2. The highest BCUT2D eigenvalue weighted by Crippen LogP contribution is 2.25. The Labute approximate surface area is 92.5 Å². The van der Waals surface area contributed by atoms with Gasteiger partial charge in [0.15, 0.2) is 5.13 Å². The number of carboxylic acid groups (broad SMARTS) is 1. The molecule has 1 rings (SSSR count). The predicted octanol–water partition coefficient (Wildman–Crippen LogP) is 2.24. The zero-order valence-electron chi connectivity index (χ0n) is 8.94. The molecular formula is C10H14N2O2S. The van der Waals surface area contributed by atoms with E-state index in [2.05, 4.69) is 4.98 Å². The van der Waals surface area contributed by atoms with Gasteiger partial charge in [-0.2, -0.15) is 0 Å². The second-order valence-electron chi connectivity index (χ2n) is 4.30. The van der Waals surface area contributed by atoms with Gasteiger partial charge < -0.3 is 10.8 Å². The molecule has 0 fully saturated rings. The van der Waals surface area contributed by atoms with E-state index in [4.69, 9.17) is 10.8 Å². The molecule has 0 saturated carbocycles. The first-order chi connectivity index (χ1) is 6.79. The number of carboxylic acids is 1. The summed E-state index contributed by atoms with van der Waals surface area (Å²) in [6, 6.07) is 0. The molecule has 0 aromatic carbocycles. The van der Waals surface area contributed by atoms with Gasteiger partial charge in [0.05, 0.1) is 11.3 Å². The van der Waals surface area contributed by atoms with Gasteiger partial charge in [-0.1, -0.05) is 26.8 Å². The Morgan fingerprint density at radius 2 is 2.20 bits per heavy atom. The van der Waals surface area contributed by atoms with Crippen LogP contribution >= 0.6 is 11.3 Å². The monoisotopic (exact) mass is 226 g/mol. The van der Waals surface area contributed by atoms with E-state index in [1.54, 1.807) is 11.5 Å². The number of nitrogens with two attached hydrogens (primary N) is 1. The van der Waals surface area contributed by atoms with Crippen molar-refractivity contribution in [2.75, 3.05) is 5.73 Å². The molecule has 0 aliphatic rings. The molecule has 1 aromatic rings. The zero-order chi connectivity index (χ0) is 11.6. The number of aromatic nitrogens is 1. The molecule has 0 unspecified atom stereocenters. The van der Waals surface area contributed by atoms with Crippen LogP contribution in [0.5, 0.6) is 0 Å². The largest absolute Gasteiger partial charge is 0.478 e. The third kappa shape index (κ3) is 3.36. The van der Waals surface area contributed by atoms with E-state index >= 15 is 0 Å². The zero-order valence-corrected chi connectivity index (χ0v) is 9.76. The summed E-state index contributed by atoms with van der Waals surface area (Å²) in [6.45, 7) is 5.81. The van der Waals surface area contributed by atoms with Gasteiger partial charge in [0.1, 0.15) is 0 Å². The summed E-state index contributed by atoms with van der Waals surface area (Å²) in [7, 11) is 0. The number of hydrogen-bond acceptors (Lipinski definition) is 4. The normalized spacial score (nSPS) is 12.9. The highest BCUT2D eigenvalue weighted by molar-refractivity contribution is 7.13. The fourth-order valence-corrected chi connectivity index (χ4v) is 1.65. The van der Waals surface area contributed by atoms with E-state index in [1.807, 2.05) is 20.8 Å². The third-order valence-corrected chi connectivity index (χ3v) is 2.28. The minimum absolute atomic E-state index is 0.202. The number of allylic oxidation sites excluding steroid dienone is 1. The van der Waals surface area contributed by atoms with E-state index in [9.17, 15) is 4.79 Å². The summed E-state index contributed by atoms with van der Waals surface area (Å²) in [5, 5.41) is 11.1. The molecule has 1 aromatic heterocycles. The molecule has 82 valence electrons. The summed E-state index contributed by atoms with van der Waals surface area (Å²) in [5.41, 5.74) is 5.90. The van der Waals surface area contributed by atoms with Crippen molar-refractivity contribution in [2.45, 2.75) is 20.8 Å². The van der Waals surface area contributed by atoms with Crippen LogP contribution in [0, 0.1) is 5.41 Å². The Hall–Kier alpha value is -1.36. The molecule has 0 bridgehead atoms. The lowest BCUT2D eigenvalue weighted by molar-refractivity contribution is -0.130. The van der Waals surface area contributed by atoms with Gasteiger partial charge >= 0.3 is 5.97 Å². The third-order valence-electron chi connectivity index (χ3n) is 1.61. The van der Waals surface area contributed by atoms with E-state index in [-0.39, 0.29) is 11.0 Å². The molecule has 0 saturated heterocycles. The minimum Gasteiger partial charge on any atom is -0.478 e. The Morgan fingerprint density at radius 3 is 2.53 bits per heavy atom. The highest BCUT2D eigenvalue weighted by atomic mass is 32.1. The van der Waals surface area contributed by atoms with Crippen molar-refractivity contribution in [2.24, 2.45) is 5.41 Å². The smallest absolute Gasteiger partial charge is 0.337 e. The van der Waals surface area contributed by atoms with E-state index < -0.39 is 5.97 Å². The van der Waals surface area contributed by atoms with E-state index in [0.717, 1.165) is 0 Å². The molecule has 5 heteroatoms. The van der Waals surface area contributed by atoms with Crippen molar-refractivity contribution < 1.29 is 9.90 Å². The average molecular weight is 226 g/mol. The molecule has 1 heterocycles. The molecule has 0 amide bonds. The maximum absolute atomic E-state index is 11.0. The molecular weight excluding hydrogens is 212 g/mol. The number of aliphatic carboxylic acids is 1. The maximum Gasteiger partial charge on any atom is 0.337 e. The van der Waals surface area contributed by atoms with Crippen LogP contribution in [0.25, 0.3) is 5.57 Å². The number of nitrogen functional groups attached to an aromatic ring is 1. The molecule has 3 N–H and O–H groups in total. The van der Waals surface area contributed by atoms with Crippen molar-refractivity contribution in [3.8, 4) is 0 Å². The fraction of sp³-hybridized carbons (Fsp3) is 0.400. The highest BCUT2D eigenvalue weighted by Gasteiger charge is 2.17. The van der Waals surface area contributed by atoms with Gasteiger partial charge in [-0.05, 0) is 5.41 Å². The maximum atomic E-state index is 11.0. The minimum atomic E-state index is -0.977. The number of thiazole rings is 1. The summed E-state index contributed by atoms with van der Waals surface area (Å²) >= 11 is 1.24. The predicted molar refractivity (Wildman–Crippen MR) is 61.6 cm³/mol. The van der Waals surface area contributed by atoms with E-state index in [0.29, 0.717) is 10.8 Å². The lowest BCUT2D eigenvalue weighted by Gasteiger charge is -2.13. The van der Waals surface area contributed by atoms with E-state index in [1.165, 1.54) is 11.3 Å². The van der Waals surface area contributed by atoms with Crippen molar-refractivity contribution in [1.29, 1.82) is 0 Å². The van der Waals surface area contributed by atoms with Crippen LogP contribution in [-0.2, 0) is 4.79 Å². The lowest BCUT2D eigenvalue weighted by atomic mass is 9.93. The molecule has 0 aliphatic heterocycles. The molecule has 0 radical (unpaired) electrons. The molecule has 0 spiro atoms. The summed E-state index contributed by atoms with van der Waals surface area (Å²) in [5.74, 6) is -0.977. The second-order valence-corrected chi connectivity index (χ2v) is 5.19. The van der Waals surface area contributed by atoms with Crippen molar-refractivity contribution in [3.05, 3.63) is 17.2 Å². The summed E-state index contributed by atoms with van der Waals surface area (Å²) in [4.78, 5) is 15.0. The Morgan fingerprint density at radius 1 is 1.60 bits per heavy atom. The van der Waals surface area contributed by atoms with Gasteiger partial charge in [0, 0.05) is 5.38 Å². The first-order valence-corrected chi connectivity index (χ1v) is 5.35. The van der Waals surface area contributed by atoms with Crippen LogP contribution < -0.4 is 5.73 Å². The van der Waals surface area contributed by atoms with Gasteiger partial charge in [-0.15, -0.1) is 11.3 Å². The van der Waals surface area contributed by atoms with Gasteiger partial charge in [-0.25, -0.2) is 9.78 Å². The van der Waals surface area contributed by atoms with Crippen LogP contribution in [0.3, 0.4) is 0 Å². The van der Waals surface area contributed by atoms with Crippen molar-refractivity contribution in [1.82, 2.24) is 4.98 Å². The topological polar surface area (TPSA) is 76.2 Å². The Kier molecular flexibility index (Phi) is 3.14.